The Labute approximate surface area is 61.2 Å². The van der Waals surface area contributed by atoms with E-state index in [9.17, 15) is 9.90 Å². The van der Waals surface area contributed by atoms with E-state index in [1.165, 1.54) is 6.92 Å². The predicted octanol–water partition coefficient (Wildman–Crippen LogP) is 1.27. The minimum absolute atomic E-state index is 0.101. The van der Waals surface area contributed by atoms with Gasteiger partial charge in [-0.15, -0.1) is 0 Å². The van der Waals surface area contributed by atoms with Crippen LogP contribution in [-0.2, 0) is 4.79 Å². The minimum atomic E-state index is -0.633. The van der Waals surface area contributed by atoms with Crippen molar-refractivity contribution in [3.05, 3.63) is 0 Å². The van der Waals surface area contributed by atoms with Gasteiger partial charge in [0.2, 0.25) is 0 Å². The Balaban J connectivity index is 2.43. The molecular weight excluding hydrogens is 128 g/mol. The van der Waals surface area contributed by atoms with E-state index in [0.29, 0.717) is 6.42 Å². The van der Waals surface area contributed by atoms with Crippen molar-refractivity contribution in [2.75, 3.05) is 0 Å². The van der Waals surface area contributed by atoms with E-state index >= 15 is 0 Å². The summed E-state index contributed by atoms with van der Waals surface area (Å²) in [6.07, 6.45) is 4.12. The molecule has 10 heavy (non-hydrogen) atoms. The summed E-state index contributed by atoms with van der Waals surface area (Å²) in [6, 6.07) is 0. The zero-order valence-electron chi connectivity index (χ0n) is 6.39. The van der Waals surface area contributed by atoms with Crippen molar-refractivity contribution in [3.63, 3.8) is 0 Å². The van der Waals surface area contributed by atoms with Crippen LogP contribution in [0.25, 0.3) is 0 Å². The maximum absolute atomic E-state index is 10.6. The molecule has 1 rings (SSSR count). The molecule has 0 aromatic heterocycles. The molecule has 0 heterocycles. The van der Waals surface area contributed by atoms with Gasteiger partial charge >= 0.3 is 0 Å². The third-order valence-corrected chi connectivity index (χ3v) is 2.11. The van der Waals surface area contributed by atoms with Gasteiger partial charge < -0.3 is 5.11 Å². The molecule has 1 aliphatic rings. The Bertz CT molecular complexity index is 134. The zero-order valence-corrected chi connectivity index (χ0v) is 6.39. The standard InChI is InChI=1S/C8H14O2/c1-7(9)6-8(10)4-2-3-5-8/h10H,2-6H2,1H3. The molecule has 1 N–H and O–H groups in total. The molecule has 1 aliphatic carbocycles. The second-order valence-corrected chi connectivity index (χ2v) is 3.31. The fraction of sp³-hybridized carbons (Fsp3) is 0.875. The predicted molar refractivity (Wildman–Crippen MR) is 38.7 cm³/mol. The number of carbonyl (C=O) groups is 1. The van der Waals surface area contributed by atoms with Crippen LogP contribution in [0, 0.1) is 0 Å². The summed E-state index contributed by atoms with van der Waals surface area (Å²) in [6.45, 7) is 1.54. The Morgan fingerprint density at radius 1 is 1.50 bits per heavy atom. The first-order valence-corrected chi connectivity index (χ1v) is 3.84. The summed E-state index contributed by atoms with van der Waals surface area (Å²) in [5.41, 5.74) is -0.633. The number of rotatable bonds is 2. The molecule has 2 heteroatoms. The van der Waals surface area contributed by atoms with Gasteiger partial charge in [-0.3, -0.25) is 4.79 Å². The lowest BCUT2D eigenvalue weighted by Gasteiger charge is -2.19. The molecule has 0 saturated heterocycles. The number of ketones is 1. The van der Waals surface area contributed by atoms with E-state index in [2.05, 4.69) is 0 Å². The molecule has 0 atom stereocenters. The number of aliphatic hydroxyl groups is 1. The topological polar surface area (TPSA) is 37.3 Å². The second kappa shape index (κ2) is 2.70. The van der Waals surface area contributed by atoms with Crippen LogP contribution < -0.4 is 0 Å². The Morgan fingerprint density at radius 2 is 2.00 bits per heavy atom. The lowest BCUT2D eigenvalue weighted by Crippen LogP contribution is -2.26. The van der Waals surface area contributed by atoms with E-state index in [4.69, 9.17) is 0 Å². The summed E-state index contributed by atoms with van der Waals surface area (Å²) < 4.78 is 0. The highest BCUT2D eigenvalue weighted by atomic mass is 16.3. The Kier molecular flexibility index (Phi) is 2.09. The molecule has 0 aliphatic heterocycles. The normalized spacial score (nSPS) is 23.0. The van der Waals surface area contributed by atoms with Gasteiger partial charge in [0.25, 0.3) is 0 Å². The summed E-state index contributed by atoms with van der Waals surface area (Å²) in [5.74, 6) is 0.101. The van der Waals surface area contributed by atoms with Crippen molar-refractivity contribution in [2.24, 2.45) is 0 Å². The van der Waals surface area contributed by atoms with E-state index in [0.717, 1.165) is 25.7 Å². The molecular formula is C8H14O2. The van der Waals surface area contributed by atoms with E-state index in [1.54, 1.807) is 0 Å². The first-order chi connectivity index (χ1) is 4.62. The van der Waals surface area contributed by atoms with E-state index in [1.807, 2.05) is 0 Å². The third kappa shape index (κ3) is 1.81. The summed E-state index contributed by atoms with van der Waals surface area (Å²) >= 11 is 0. The summed E-state index contributed by atoms with van der Waals surface area (Å²) in [4.78, 5) is 10.6. The molecule has 0 amide bonds. The largest absolute Gasteiger partial charge is 0.389 e. The van der Waals surface area contributed by atoms with E-state index in [-0.39, 0.29) is 5.78 Å². The molecule has 2 nitrogen and oxygen atoms in total. The Morgan fingerprint density at radius 3 is 2.40 bits per heavy atom. The van der Waals surface area contributed by atoms with Gasteiger partial charge in [-0.05, 0) is 19.8 Å². The highest BCUT2D eigenvalue weighted by Crippen LogP contribution is 2.32. The fourth-order valence-electron chi connectivity index (χ4n) is 1.67. The van der Waals surface area contributed by atoms with Crippen molar-refractivity contribution in [1.82, 2.24) is 0 Å². The third-order valence-electron chi connectivity index (χ3n) is 2.11. The number of carbonyl (C=O) groups excluding carboxylic acids is 1. The molecule has 0 radical (unpaired) electrons. The molecule has 1 saturated carbocycles. The lowest BCUT2D eigenvalue weighted by molar-refractivity contribution is -0.121. The molecule has 0 spiro atoms. The fourth-order valence-corrected chi connectivity index (χ4v) is 1.67. The number of hydrogen-bond acceptors (Lipinski definition) is 2. The van der Waals surface area contributed by atoms with Crippen molar-refractivity contribution in [2.45, 2.75) is 44.6 Å². The molecule has 0 aromatic rings. The first-order valence-electron chi connectivity index (χ1n) is 3.84. The van der Waals surface area contributed by atoms with Gasteiger partial charge in [-0.2, -0.15) is 0 Å². The summed E-state index contributed by atoms with van der Waals surface area (Å²) in [5, 5.41) is 9.64. The molecule has 58 valence electrons. The maximum atomic E-state index is 10.6. The van der Waals surface area contributed by atoms with Crippen LogP contribution in [0.15, 0.2) is 0 Å². The maximum Gasteiger partial charge on any atom is 0.132 e. The monoisotopic (exact) mass is 142 g/mol. The van der Waals surface area contributed by atoms with Crippen LogP contribution >= 0.6 is 0 Å². The minimum Gasteiger partial charge on any atom is -0.389 e. The first kappa shape index (κ1) is 7.73. The SMILES string of the molecule is CC(=O)CC1(O)CCCC1. The van der Waals surface area contributed by atoms with Crippen molar-refractivity contribution in [1.29, 1.82) is 0 Å². The van der Waals surface area contributed by atoms with Crippen molar-refractivity contribution < 1.29 is 9.90 Å². The highest BCUT2D eigenvalue weighted by molar-refractivity contribution is 5.76. The Hall–Kier alpha value is -0.370. The number of hydrogen-bond donors (Lipinski definition) is 1. The van der Waals surface area contributed by atoms with Gasteiger partial charge in [0, 0.05) is 6.42 Å². The number of Topliss-reactive ketones (excluding diaryl/α,β-unsaturated/α-hetero) is 1. The van der Waals surface area contributed by atoms with Gasteiger partial charge in [0.05, 0.1) is 5.60 Å². The molecule has 0 aromatic carbocycles. The van der Waals surface area contributed by atoms with Gasteiger partial charge in [0.1, 0.15) is 5.78 Å². The van der Waals surface area contributed by atoms with Crippen LogP contribution in [0.5, 0.6) is 0 Å². The smallest absolute Gasteiger partial charge is 0.132 e. The second-order valence-electron chi connectivity index (χ2n) is 3.31. The summed E-state index contributed by atoms with van der Waals surface area (Å²) in [7, 11) is 0. The van der Waals surface area contributed by atoms with Gasteiger partial charge in [0.15, 0.2) is 0 Å². The van der Waals surface area contributed by atoms with Gasteiger partial charge in [-0.25, -0.2) is 0 Å². The zero-order chi connectivity index (χ0) is 7.61. The molecule has 1 fully saturated rings. The lowest BCUT2D eigenvalue weighted by atomic mass is 9.96. The van der Waals surface area contributed by atoms with Crippen molar-refractivity contribution in [3.8, 4) is 0 Å². The van der Waals surface area contributed by atoms with Crippen LogP contribution in [0.2, 0.25) is 0 Å². The average Bonchev–Trinajstić information content (AvgIpc) is 2.12. The molecule has 0 unspecified atom stereocenters. The average molecular weight is 142 g/mol. The van der Waals surface area contributed by atoms with E-state index < -0.39 is 5.60 Å². The quantitative estimate of drug-likeness (QED) is 0.630. The molecule has 0 bridgehead atoms. The van der Waals surface area contributed by atoms with Gasteiger partial charge in [-0.1, -0.05) is 12.8 Å². The van der Waals surface area contributed by atoms with Crippen LogP contribution in [0.4, 0.5) is 0 Å². The van der Waals surface area contributed by atoms with Crippen LogP contribution in [-0.4, -0.2) is 16.5 Å². The van der Waals surface area contributed by atoms with Crippen molar-refractivity contribution >= 4 is 5.78 Å². The highest BCUT2D eigenvalue weighted by Gasteiger charge is 2.31. The van der Waals surface area contributed by atoms with Crippen LogP contribution in [0.3, 0.4) is 0 Å². The van der Waals surface area contributed by atoms with Crippen LogP contribution in [0.1, 0.15) is 39.0 Å².